The zero-order valence-corrected chi connectivity index (χ0v) is 14.9. The molecule has 0 aliphatic rings. The number of hydrogen-bond acceptors (Lipinski definition) is 5. The number of rotatable bonds is 7. The molecule has 2 aromatic carbocycles. The van der Waals surface area contributed by atoms with Gasteiger partial charge in [-0.05, 0) is 37.3 Å². The number of nitrogens with one attached hydrogen (secondary N) is 2. The minimum Gasteiger partial charge on any atom is -0.497 e. The third-order valence-electron chi connectivity index (χ3n) is 3.48. The molecule has 27 heavy (non-hydrogen) atoms. The van der Waals surface area contributed by atoms with Crippen molar-refractivity contribution in [1.82, 2.24) is 5.32 Å². The molecule has 0 radical (unpaired) electrons. The Balaban J connectivity index is 1.93. The molecule has 0 saturated carbocycles. The highest BCUT2D eigenvalue weighted by atomic mass is 19.1. The summed E-state index contributed by atoms with van der Waals surface area (Å²) in [6.07, 6.45) is 0. The van der Waals surface area contributed by atoms with Gasteiger partial charge in [-0.3, -0.25) is 9.59 Å². The fourth-order valence-electron chi connectivity index (χ4n) is 2.20. The zero-order chi connectivity index (χ0) is 19.8. The molecular weight excluding hydrogens is 355 g/mol. The average Bonchev–Trinajstić information content (AvgIpc) is 2.66. The number of methoxy groups -OCH3 is 1. The van der Waals surface area contributed by atoms with Crippen molar-refractivity contribution in [3.63, 3.8) is 0 Å². The average molecular weight is 374 g/mol. The maximum atomic E-state index is 13.8. The van der Waals surface area contributed by atoms with Crippen molar-refractivity contribution in [2.24, 2.45) is 0 Å². The fourth-order valence-corrected chi connectivity index (χ4v) is 2.20. The summed E-state index contributed by atoms with van der Waals surface area (Å²) in [5.41, 5.74) is 0.448. The van der Waals surface area contributed by atoms with Crippen LogP contribution < -0.4 is 15.4 Å². The van der Waals surface area contributed by atoms with Crippen LogP contribution in [0.15, 0.2) is 42.5 Å². The second kappa shape index (κ2) is 9.33. The van der Waals surface area contributed by atoms with Gasteiger partial charge in [-0.2, -0.15) is 0 Å². The van der Waals surface area contributed by atoms with E-state index in [1.807, 2.05) is 0 Å². The van der Waals surface area contributed by atoms with Gasteiger partial charge in [-0.15, -0.1) is 0 Å². The molecule has 0 spiro atoms. The number of halogens is 1. The first-order valence-electron chi connectivity index (χ1n) is 8.13. The molecule has 2 aromatic rings. The lowest BCUT2D eigenvalue weighted by Crippen LogP contribution is -2.23. The summed E-state index contributed by atoms with van der Waals surface area (Å²) in [6, 6.07) is 9.96. The zero-order valence-electron chi connectivity index (χ0n) is 14.9. The molecule has 142 valence electrons. The molecule has 0 unspecified atom stereocenters. The molecule has 0 saturated heterocycles. The smallest absolute Gasteiger partial charge is 0.341 e. The molecule has 0 bridgehead atoms. The Morgan fingerprint density at radius 2 is 1.89 bits per heavy atom. The van der Waals surface area contributed by atoms with Gasteiger partial charge in [0, 0.05) is 23.9 Å². The van der Waals surface area contributed by atoms with Gasteiger partial charge in [-0.1, -0.05) is 6.07 Å². The van der Waals surface area contributed by atoms with E-state index in [1.54, 1.807) is 25.1 Å². The molecule has 2 amide bonds. The van der Waals surface area contributed by atoms with E-state index < -0.39 is 24.3 Å². The van der Waals surface area contributed by atoms with Crippen LogP contribution in [0, 0.1) is 5.82 Å². The maximum Gasteiger partial charge on any atom is 0.341 e. The number of carbonyl (C=O) groups excluding carboxylic acids is 3. The van der Waals surface area contributed by atoms with Gasteiger partial charge in [0.05, 0.1) is 12.7 Å². The Hall–Kier alpha value is -3.42. The van der Waals surface area contributed by atoms with E-state index in [4.69, 9.17) is 9.47 Å². The molecule has 0 aliphatic carbocycles. The summed E-state index contributed by atoms with van der Waals surface area (Å²) in [5.74, 6) is -2.41. The van der Waals surface area contributed by atoms with Crippen molar-refractivity contribution in [2.75, 3.05) is 25.6 Å². The van der Waals surface area contributed by atoms with Crippen LogP contribution in [-0.4, -0.2) is 38.0 Å². The molecule has 0 aliphatic heterocycles. The largest absolute Gasteiger partial charge is 0.497 e. The standard InChI is InChI=1S/C19H19FN2O5/c1-3-21-18(24)12-5-4-6-13(9-12)22-17(23)11-27-19(25)15-8-7-14(26-2)10-16(15)20/h4-10H,3,11H2,1-2H3,(H,21,24)(H,22,23). The van der Waals surface area contributed by atoms with Crippen LogP contribution in [0.3, 0.4) is 0 Å². The van der Waals surface area contributed by atoms with Crippen molar-refractivity contribution in [1.29, 1.82) is 0 Å². The first-order chi connectivity index (χ1) is 12.9. The first-order valence-corrected chi connectivity index (χ1v) is 8.13. The van der Waals surface area contributed by atoms with E-state index in [9.17, 15) is 18.8 Å². The van der Waals surface area contributed by atoms with Crippen LogP contribution >= 0.6 is 0 Å². The number of ether oxygens (including phenoxy) is 2. The van der Waals surface area contributed by atoms with E-state index in [-0.39, 0.29) is 17.2 Å². The minimum absolute atomic E-state index is 0.258. The van der Waals surface area contributed by atoms with Crippen LogP contribution in [-0.2, 0) is 9.53 Å². The van der Waals surface area contributed by atoms with Crippen molar-refractivity contribution in [3.05, 3.63) is 59.4 Å². The van der Waals surface area contributed by atoms with Gasteiger partial charge >= 0.3 is 5.97 Å². The van der Waals surface area contributed by atoms with E-state index in [1.165, 1.54) is 25.3 Å². The van der Waals surface area contributed by atoms with Gasteiger partial charge in [0.25, 0.3) is 11.8 Å². The number of anilines is 1. The summed E-state index contributed by atoms with van der Waals surface area (Å²) in [4.78, 5) is 35.6. The second-order valence-electron chi connectivity index (χ2n) is 5.41. The lowest BCUT2D eigenvalue weighted by Gasteiger charge is -2.09. The molecule has 0 aromatic heterocycles. The SMILES string of the molecule is CCNC(=O)c1cccc(NC(=O)COC(=O)c2ccc(OC)cc2F)c1. The summed E-state index contributed by atoms with van der Waals surface area (Å²) in [6.45, 7) is 1.67. The predicted molar refractivity (Wildman–Crippen MR) is 96.3 cm³/mol. The summed E-state index contributed by atoms with van der Waals surface area (Å²) >= 11 is 0. The molecule has 8 heteroatoms. The highest BCUT2D eigenvalue weighted by Gasteiger charge is 2.16. The van der Waals surface area contributed by atoms with Crippen molar-refractivity contribution in [2.45, 2.75) is 6.92 Å². The van der Waals surface area contributed by atoms with Gasteiger partial charge in [0.15, 0.2) is 6.61 Å². The highest BCUT2D eigenvalue weighted by molar-refractivity contribution is 5.98. The Morgan fingerprint density at radius 3 is 2.56 bits per heavy atom. The van der Waals surface area contributed by atoms with Crippen LogP contribution in [0.25, 0.3) is 0 Å². The van der Waals surface area contributed by atoms with Crippen molar-refractivity contribution >= 4 is 23.5 Å². The Morgan fingerprint density at radius 1 is 1.11 bits per heavy atom. The summed E-state index contributed by atoms with van der Waals surface area (Å²) < 4.78 is 23.5. The van der Waals surface area contributed by atoms with Gasteiger partial charge in [-0.25, -0.2) is 9.18 Å². The Bertz CT molecular complexity index is 854. The second-order valence-corrected chi connectivity index (χ2v) is 5.41. The lowest BCUT2D eigenvalue weighted by atomic mass is 10.2. The Labute approximate surface area is 155 Å². The first kappa shape index (κ1) is 19.9. The van der Waals surface area contributed by atoms with E-state index in [0.29, 0.717) is 17.8 Å². The van der Waals surface area contributed by atoms with E-state index >= 15 is 0 Å². The Kier molecular flexibility index (Phi) is 6.87. The predicted octanol–water partition coefficient (Wildman–Crippen LogP) is 2.38. The third-order valence-corrected chi connectivity index (χ3v) is 3.48. The molecule has 0 atom stereocenters. The summed E-state index contributed by atoms with van der Waals surface area (Å²) in [7, 11) is 1.37. The van der Waals surface area contributed by atoms with Gasteiger partial charge in [0.2, 0.25) is 0 Å². The molecule has 0 fully saturated rings. The number of hydrogen-bond donors (Lipinski definition) is 2. The lowest BCUT2D eigenvalue weighted by molar-refractivity contribution is -0.119. The molecule has 7 nitrogen and oxygen atoms in total. The maximum absolute atomic E-state index is 13.8. The van der Waals surface area contributed by atoms with Crippen LogP contribution in [0.5, 0.6) is 5.75 Å². The van der Waals surface area contributed by atoms with Gasteiger partial charge < -0.3 is 20.1 Å². The fraction of sp³-hybridized carbons (Fsp3) is 0.211. The molecule has 0 heterocycles. The molecule has 2 rings (SSSR count). The normalized spacial score (nSPS) is 10.0. The van der Waals surface area contributed by atoms with Crippen molar-refractivity contribution < 1.29 is 28.2 Å². The summed E-state index contributed by atoms with van der Waals surface area (Å²) in [5, 5.41) is 5.16. The topological polar surface area (TPSA) is 93.7 Å². The van der Waals surface area contributed by atoms with E-state index in [2.05, 4.69) is 10.6 Å². The van der Waals surface area contributed by atoms with Crippen LogP contribution in [0.2, 0.25) is 0 Å². The minimum atomic E-state index is -0.971. The van der Waals surface area contributed by atoms with Crippen LogP contribution in [0.4, 0.5) is 10.1 Å². The number of benzene rings is 2. The number of carbonyl (C=O) groups is 3. The van der Waals surface area contributed by atoms with Crippen molar-refractivity contribution in [3.8, 4) is 5.75 Å². The van der Waals surface area contributed by atoms with Gasteiger partial charge in [0.1, 0.15) is 11.6 Å². The number of amides is 2. The monoisotopic (exact) mass is 374 g/mol. The van der Waals surface area contributed by atoms with E-state index in [0.717, 1.165) is 6.07 Å². The number of esters is 1. The highest BCUT2D eigenvalue weighted by Crippen LogP contribution is 2.17. The van der Waals surface area contributed by atoms with Crippen LogP contribution in [0.1, 0.15) is 27.6 Å². The molecular formula is C19H19FN2O5. The third kappa shape index (κ3) is 5.53. The quantitative estimate of drug-likeness (QED) is 0.726. The molecule has 2 N–H and O–H groups in total.